The van der Waals surface area contributed by atoms with Crippen LogP contribution in [0, 0.1) is 0 Å². The number of pyridine rings is 1. The van der Waals surface area contributed by atoms with Crippen LogP contribution in [0.5, 0.6) is 0 Å². The van der Waals surface area contributed by atoms with E-state index in [0.717, 1.165) is 48.7 Å². The highest BCUT2D eigenvalue weighted by Gasteiger charge is 2.42. The first kappa shape index (κ1) is 17.2. The fraction of sp³-hybridized carbons (Fsp3) is 0.250. The highest BCUT2D eigenvalue weighted by atomic mass is 35.5. The van der Waals surface area contributed by atoms with Gasteiger partial charge in [0, 0.05) is 28.7 Å². The fourth-order valence-electron chi connectivity index (χ4n) is 5.17. The molecule has 29 heavy (non-hydrogen) atoms. The van der Waals surface area contributed by atoms with Gasteiger partial charge < -0.3 is 0 Å². The van der Waals surface area contributed by atoms with Gasteiger partial charge in [-0.05, 0) is 78.5 Å². The van der Waals surface area contributed by atoms with E-state index in [4.69, 9.17) is 11.6 Å². The second kappa shape index (κ2) is 6.41. The Morgan fingerprint density at radius 1 is 0.897 bits per heavy atom. The summed E-state index contributed by atoms with van der Waals surface area (Å²) < 4.78 is 1.84. The third-order valence-corrected chi connectivity index (χ3v) is 6.98. The summed E-state index contributed by atoms with van der Waals surface area (Å²) in [7, 11) is 0. The van der Waals surface area contributed by atoms with Crippen molar-refractivity contribution in [3.63, 3.8) is 0 Å². The topological polar surface area (TPSA) is 33.4 Å². The first-order valence-corrected chi connectivity index (χ1v) is 10.5. The van der Waals surface area contributed by atoms with Gasteiger partial charge in [0.05, 0.1) is 0 Å². The normalized spacial score (nSPS) is 23.1. The molecule has 5 heterocycles. The summed E-state index contributed by atoms with van der Waals surface area (Å²) in [5.74, 6) is 0. The summed E-state index contributed by atoms with van der Waals surface area (Å²) >= 11 is 6.18. The number of piperidine rings is 1. The Balaban J connectivity index is 1.49. The molecule has 4 nitrogen and oxygen atoms in total. The van der Waals surface area contributed by atoms with Crippen LogP contribution in [0.15, 0.2) is 67.1 Å². The molecule has 1 saturated heterocycles. The van der Waals surface area contributed by atoms with Crippen LogP contribution in [0.1, 0.15) is 29.5 Å². The quantitative estimate of drug-likeness (QED) is 0.477. The maximum Gasteiger partial charge on any atom is 0.155 e. The van der Waals surface area contributed by atoms with Crippen molar-refractivity contribution in [2.75, 3.05) is 13.1 Å². The van der Waals surface area contributed by atoms with Gasteiger partial charge in [-0.15, -0.1) is 0 Å². The molecule has 0 N–H and O–H groups in total. The third kappa shape index (κ3) is 2.70. The van der Waals surface area contributed by atoms with Crippen LogP contribution in [0.3, 0.4) is 0 Å². The highest BCUT2D eigenvalue weighted by molar-refractivity contribution is 6.30. The van der Waals surface area contributed by atoms with Crippen molar-refractivity contribution in [1.82, 2.24) is 19.5 Å². The predicted octanol–water partition coefficient (Wildman–Crippen LogP) is 4.95. The Kier molecular flexibility index (Phi) is 3.80. The van der Waals surface area contributed by atoms with E-state index in [-0.39, 0.29) is 5.41 Å². The van der Waals surface area contributed by atoms with Gasteiger partial charge in [0.15, 0.2) is 5.65 Å². The number of fused-ring (bicyclic) bond motifs is 3. The lowest BCUT2D eigenvalue weighted by Gasteiger charge is -2.39. The average molecular weight is 401 g/mol. The molecule has 1 fully saturated rings. The van der Waals surface area contributed by atoms with E-state index < -0.39 is 0 Å². The smallest absolute Gasteiger partial charge is 0.155 e. The molecule has 5 heteroatoms. The van der Waals surface area contributed by atoms with E-state index in [1.54, 1.807) is 6.33 Å². The molecule has 3 aliphatic rings. The molecule has 3 aliphatic heterocycles. The van der Waals surface area contributed by atoms with Gasteiger partial charge in [0.1, 0.15) is 6.33 Å². The molecule has 0 aliphatic carbocycles. The molecule has 0 amide bonds. The predicted molar refractivity (Wildman–Crippen MR) is 115 cm³/mol. The molecule has 0 unspecified atom stereocenters. The van der Waals surface area contributed by atoms with Crippen molar-refractivity contribution in [3.05, 3.63) is 88.8 Å². The Hall–Kier alpha value is -2.69. The summed E-state index contributed by atoms with van der Waals surface area (Å²) in [4.78, 5) is 6.84. The second-order valence-electron chi connectivity index (χ2n) is 8.22. The van der Waals surface area contributed by atoms with Crippen molar-refractivity contribution in [2.45, 2.75) is 24.8 Å². The van der Waals surface area contributed by atoms with Gasteiger partial charge >= 0.3 is 0 Å². The molecular formula is C24H21ClN4. The maximum absolute atomic E-state index is 6.18. The van der Waals surface area contributed by atoms with Crippen molar-refractivity contribution in [1.29, 1.82) is 0 Å². The molecule has 0 spiro atoms. The zero-order valence-corrected chi connectivity index (χ0v) is 16.8. The molecule has 0 saturated carbocycles. The molecule has 7 rings (SSSR count). The van der Waals surface area contributed by atoms with E-state index in [2.05, 4.69) is 57.6 Å². The maximum atomic E-state index is 6.18. The summed E-state index contributed by atoms with van der Waals surface area (Å²) in [5.41, 5.74) is 7.65. The zero-order chi connectivity index (χ0) is 19.4. The number of nitrogens with zero attached hydrogens (tertiary/aromatic N) is 4. The van der Waals surface area contributed by atoms with Crippen molar-refractivity contribution in [3.8, 4) is 11.1 Å². The molecule has 2 aromatic carbocycles. The van der Waals surface area contributed by atoms with Crippen LogP contribution in [0.2, 0.25) is 5.02 Å². The van der Waals surface area contributed by atoms with Crippen LogP contribution in [0.4, 0.5) is 0 Å². The van der Waals surface area contributed by atoms with Crippen LogP contribution < -0.4 is 0 Å². The first-order valence-electron chi connectivity index (χ1n) is 10.1. The Morgan fingerprint density at radius 3 is 2.52 bits per heavy atom. The van der Waals surface area contributed by atoms with Gasteiger partial charge in [0.25, 0.3) is 0 Å². The first-order chi connectivity index (χ1) is 14.2. The molecule has 2 aromatic heterocycles. The number of hydrogen-bond donors (Lipinski definition) is 0. The number of halogens is 1. The molecule has 0 atom stereocenters. The van der Waals surface area contributed by atoms with E-state index in [9.17, 15) is 0 Å². The number of rotatable bonds is 2. The molecule has 0 radical (unpaired) electrons. The lowest BCUT2D eigenvalue weighted by atomic mass is 9.68. The Labute approximate surface area is 174 Å². The van der Waals surface area contributed by atoms with Gasteiger partial charge in [0.2, 0.25) is 0 Å². The lowest BCUT2D eigenvalue weighted by molar-refractivity contribution is 0.190. The van der Waals surface area contributed by atoms with E-state index in [1.807, 2.05) is 22.7 Å². The SMILES string of the molecule is Clc1ccc(C23CCN(CC2)Cc2cc(-c4ccc5ncnn5c4)ccc23)cc1. The Bertz CT molecular complexity index is 1200. The molecule has 2 bridgehead atoms. The van der Waals surface area contributed by atoms with Crippen LogP contribution >= 0.6 is 11.6 Å². The number of aromatic nitrogens is 3. The summed E-state index contributed by atoms with van der Waals surface area (Å²) in [5, 5.41) is 5.09. The fourth-order valence-corrected chi connectivity index (χ4v) is 5.30. The molecular weight excluding hydrogens is 380 g/mol. The van der Waals surface area contributed by atoms with Crippen LogP contribution in [0.25, 0.3) is 16.8 Å². The minimum absolute atomic E-state index is 0.0846. The summed E-state index contributed by atoms with van der Waals surface area (Å²) in [6.07, 6.45) is 5.97. The average Bonchev–Trinajstić information content (AvgIpc) is 3.10. The van der Waals surface area contributed by atoms with Crippen LogP contribution in [-0.4, -0.2) is 32.6 Å². The van der Waals surface area contributed by atoms with Gasteiger partial charge in [-0.25, -0.2) is 9.50 Å². The van der Waals surface area contributed by atoms with Crippen molar-refractivity contribution < 1.29 is 0 Å². The molecule has 4 aromatic rings. The standard InChI is InChI=1S/C24H21ClN4/c25-21-5-3-20(4-6-21)24-9-11-28(12-10-24)14-19-13-17(1-7-22(19)24)18-2-8-23-26-16-27-29(23)15-18/h1-8,13,15-16H,9-12,14H2. The highest BCUT2D eigenvalue weighted by Crippen LogP contribution is 2.47. The van der Waals surface area contributed by atoms with E-state index >= 15 is 0 Å². The lowest BCUT2D eigenvalue weighted by Crippen LogP contribution is -2.39. The largest absolute Gasteiger partial charge is 0.299 e. The molecule has 144 valence electrons. The third-order valence-electron chi connectivity index (χ3n) is 6.73. The zero-order valence-electron chi connectivity index (χ0n) is 16.1. The summed E-state index contributed by atoms with van der Waals surface area (Å²) in [6, 6.07) is 19.7. The van der Waals surface area contributed by atoms with E-state index in [0.29, 0.717) is 0 Å². The van der Waals surface area contributed by atoms with Gasteiger partial charge in [-0.1, -0.05) is 35.9 Å². The number of hydrogen-bond acceptors (Lipinski definition) is 3. The minimum atomic E-state index is 0.0846. The van der Waals surface area contributed by atoms with Gasteiger partial charge in [-0.2, -0.15) is 5.10 Å². The van der Waals surface area contributed by atoms with Gasteiger partial charge in [-0.3, -0.25) is 4.90 Å². The van der Waals surface area contributed by atoms with Crippen molar-refractivity contribution in [2.24, 2.45) is 0 Å². The van der Waals surface area contributed by atoms with Crippen molar-refractivity contribution >= 4 is 17.2 Å². The van der Waals surface area contributed by atoms with E-state index in [1.165, 1.54) is 22.3 Å². The summed E-state index contributed by atoms with van der Waals surface area (Å²) in [6.45, 7) is 3.29. The monoisotopic (exact) mass is 400 g/mol. The van der Waals surface area contributed by atoms with Crippen LogP contribution in [-0.2, 0) is 12.0 Å². The minimum Gasteiger partial charge on any atom is -0.299 e. The second-order valence-corrected chi connectivity index (χ2v) is 8.65. The Morgan fingerprint density at radius 2 is 1.69 bits per heavy atom. The number of benzene rings is 2.